The fourth-order valence-corrected chi connectivity index (χ4v) is 0.853. The highest BCUT2D eigenvalue weighted by atomic mass is 35.5. The highest BCUT2D eigenvalue weighted by molar-refractivity contribution is 6.30. The second-order valence-electron chi connectivity index (χ2n) is 2.09. The molecule has 1 aromatic carbocycles. The lowest BCUT2D eigenvalue weighted by molar-refractivity contribution is 0.533. The molecule has 0 N–H and O–H groups in total. The third kappa shape index (κ3) is 2.62. The first-order valence-electron chi connectivity index (χ1n) is 3.83. The first-order chi connectivity index (χ1) is 6.04. The number of halogens is 4. The summed E-state index contributed by atoms with van der Waals surface area (Å²) >= 11 is 5.14. The zero-order chi connectivity index (χ0) is 10.6. The minimum atomic E-state index is -1.08. The van der Waals surface area contributed by atoms with Gasteiger partial charge in [0.25, 0.3) is 0 Å². The maximum absolute atomic E-state index is 12.6. The molecule has 0 saturated carbocycles. The monoisotopic (exact) mass is 210 g/mol. The zero-order valence-corrected chi connectivity index (χ0v) is 8.35. The van der Waals surface area contributed by atoms with Crippen LogP contribution in [0.4, 0.5) is 13.2 Å². The van der Waals surface area contributed by atoms with Crippen molar-refractivity contribution in [3.8, 4) is 0 Å². The van der Waals surface area contributed by atoms with Gasteiger partial charge in [-0.05, 0) is 6.92 Å². The van der Waals surface area contributed by atoms with Crippen molar-refractivity contribution in [1.82, 2.24) is 0 Å². The van der Waals surface area contributed by atoms with E-state index in [0.29, 0.717) is 6.07 Å². The minimum absolute atomic E-state index is 0.267. The van der Waals surface area contributed by atoms with Crippen molar-refractivity contribution in [3.05, 3.63) is 34.1 Å². The average Bonchev–Trinajstić information content (AvgIpc) is 2.15. The predicted octanol–water partition coefficient (Wildman–Crippen LogP) is 4.09. The lowest BCUT2D eigenvalue weighted by Crippen LogP contribution is -1.92. The third-order valence-electron chi connectivity index (χ3n) is 1.34. The van der Waals surface area contributed by atoms with Gasteiger partial charge in [-0.1, -0.05) is 25.4 Å². The van der Waals surface area contributed by atoms with E-state index in [-0.39, 0.29) is 5.56 Å². The van der Waals surface area contributed by atoms with Crippen LogP contribution < -0.4 is 0 Å². The standard InChI is InChI=1S/C7H4ClF3.C2H6/c1-3-4(9)2-5(10)6(8)7(3)11;1-2/h2H,1H3;1-2H3. The summed E-state index contributed by atoms with van der Waals surface area (Å²) in [6.07, 6.45) is 0. The van der Waals surface area contributed by atoms with Crippen LogP contribution >= 0.6 is 11.6 Å². The lowest BCUT2D eigenvalue weighted by Gasteiger charge is -2.00. The molecule has 0 aromatic heterocycles. The molecule has 0 aliphatic heterocycles. The van der Waals surface area contributed by atoms with Crippen LogP contribution in [0.1, 0.15) is 19.4 Å². The molecule has 0 spiro atoms. The molecule has 74 valence electrons. The van der Waals surface area contributed by atoms with Gasteiger partial charge < -0.3 is 0 Å². The second kappa shape index (κ2) is 5.12. The molecule has 1 rings (SSSR count). The van der Waals surface area contributed by atoms with Crippen molar-refractivity contribution in [2.24, 2.45) is 0 Å². The summed E-state index contributed by atoms with van der Waals surface area (Å²) in [5.74, 6) is -3.04. The van der Waals surface area contributed by atoms with Crippen LogP contribution in [0.25, 0.3) is 0 Å². The Balaban J connectivity index is 0.000000671. The average molecular weight is 211 g/mol. The van der Waals surface area contributed by atoms with E-state index in [4.69, 9.17) is 11.6 Å². The summed E-state index contributed by atoms with van der Waals surface area (Å²) in [6, 6.07) is 0.556. The van der Waals surface area contributed by atoms with Crippen molar-refractivity contribution in [2.45, 2.75) is 20.8 Å². The molecule has 1 aromatic rings. The van der Waals surface area contributed by atoms with Crippen LogP contribution in [0, 0.1) is 24.4 Å². The van der Waals surface area contributed by atoms with E-state index in [1.54, 1.807) is 0 Å². The first kappa shape index (κ1) is 12.3. The van der Waals surface area contributed by atoms with Crippen LogP contribution in [-0.2, 0) is 0 Å². The van der Waals surface area contributed by atoms with Crippen molar-refractivity contribution in [1.29, 1.82) is 0 Å². The van der Waals surface area contributed by atoms with Crippen molar-refractivity contribution >= 4 is 11.6 Å². The minimum Gasteiger partial charge on any atom is -0.206 e. The predicted molar refractivity (Wildman–Crippen MR) is 47.4 cm³/mol. The third-order valence-corrected chi connectivity index (χ3v) is 1.69. The maximum atomic E-state index is 12.6. The Morgan fingerprint density at radius 1 is 1.08 bits per heavy atom. The second-order valence-corrected chi connectivity index (χ2v) is 2.47. The van der Waals surface area contributed by atoms with Gasteiger partial charge in [-0.15, -0.1) is 0 Å². The van der Waals surface area contributed by atoms with E-state index in [0.717, 1.165) is 0 Å². The van der Waals surface area contributed by atoms with Gasteiger partial charge in [0.2, 0.25) is 0 Å². The van der Waals surface area contributed by atoms with Crippen molar-refractivity contribution in [3.63, 3.8) is 0 Å². The molecule has 13 heavy (non-hydrogen) atoms. The molecule has 0 bridgehead atoms. The van der Waals surface area contributed by atoms with Gasteiger partial charge in [0.1, 0.15) is 16.7 Å². The summed E-state index contributed by atoms with van der Waals surface area (Å²) in [6.45, 7) is 5.19. The molecule has 0 radical (unpaired) electrons. The number of benzene rings is 1. The largest absolute Gasteiger partial charge is 0.206 e. The smallest absolute Gasteiger partial charge is 0.150 e. The fourth-order valence-electron chi connectivity index (χ4n) is 0.657. The molecule has 0 amide bonds. The van der Waals surface area contributed by atoms with Gasteiger partial charge in [-0.25, -0.2) is 13.2 Å². The van der Waals surface area contributed by atoms with Gasteiger partial charge in [-0.2, -0.15) is 0 Å². The Morgan fingerprint density at radius 3 is 2.00 bits per heavy atom. The molecule has 0 atom stereocenters. The van der Waals surface area contributed by atoms with E-state index in [1.807, 2.05) is 13.8 Å². The van der Waals surface area contributed by atoms with Gasteiger partial charge in [0.15, 0.2) is 5.82 Å². The molecule has 0 nitrogen and oxygen atoms in total. The summed E-state index contributed by atoms with van der Waals surface area (Å²) in [5.41, 5.74) is -0.267. The molecule has 4 heteroatoms. The highest BCUT2D eigenvalue weighted by Gasteiger charge is 2.13. The van der Waals surface area contributed by atoms with Crippen LogP contribution in [0.15, 0.2) is 6.07 Å². The van der Waals surface area contributed by atoms with Crippen molar-refractivity contribution < 1.29 is 13.2 Å². The van der Waals surface area contributed by atoms with Gasteiger partial charge in [0.05, 0.1) is 0 Å². The fraction of sp³-hybridized carbons (Fsp3) is 0.333. The van der Waals surface area contributed by atoms with E-state index in [2.05, 4.69) is 0 Å². The summed E-state index contributed by atoms with van der Waals surface area (Å²) < 4.78 is 37.5. The molecular formula is C9H10ClF3. The molecule has 0 aliphatic carbocycles. The number of hydrogen-bond acceptors (Lipinski definition) is 0. The molecule has 0 fully saturated rings. The Labute approximate surface area is 80.3 Å². The van der Waals surface area contributed by atoms with E-state index >= 15 is 0 Å². The summed E-state index contributed by atoms with van der Waals surface area (Å²) in [5, 5.41) is -0.663. The SMILES string of the molecule is CC.Cc1c(F)cc(F)c(Cl)c1F. The van der Waals surface area contributed by atoms with Crippen LogP contribution in [0.5, 0.6) is 0 Å². The molecule has 0 unspecified atom stereocenters. The van der Waals surface area contributed by atoms with E-state index in [1.165, 1.54) is 6.92 Å². The molecule has 0 heterocycles. The topological polar surface area (TPSA) is 0 Å². The molecule has 0 saturated heterocycles. The normalized spacial score (nSPS) is 9.15. The number of hydrogen-bond donors (Lipinski definition) is 0. The summed E-state index contributed by atoms with van der Waals surface area (Å²) in [4.78, 5) is 0. The quantitative estimate of drug-likeness (QED) is 0.447. The van der Waals surface area contributed by atoms with E-state index in [9.17, 15) is 13.2 Å². The van der Waals surface area contributed by atoms with Crippen LogP contribution in [0.2, 0.25) is 5.02 Å². The molecule has 0 aliphatic rings. The zero-order valence-electron chi connectivity index (χ0n) is 7.59. The molecular weight excluding hydrogens is 201 g/mol. The van der Waals surface area contributed by atoms with Gasteiger partial charge in [-0.3, -0.25) is 0 Å². The van der Waals surface area contributed by atoms with E-state index < -0.39 is 22.5 Å². The first-order valence-corrected chi connectivity index (χ1v) is 4.21. The van der Waals surface area contributed by atoms with Crippen LogP contribution in [0.3, 0.4) is 0 Å². The van der Waals surface area contributed by atoms with Crippen LogP contribution in [-0.4, -0.2) is 0 Å². The number of rotatable bonds is 0. The lowest BCUT2D eigenvalue weighted by atomic mass is 10.2. The van der Waals surface area contributed by atoms with Crippen molar-refractivity contribution in [2.75, 3.05) is 0 Å². The Hall–Kier alpha value is -0.700. The van der Waals surface area contributed by atoms with Gasteiger partial charge >= 0.3 is 0 Å². The van der Waals surface area contributed by atoms with Gasteiger partial charge in [0, 0.05) is 11.6 Å². The highest BCUT2D eigenvalue weighted by Crippen LogP contribution is 2.23. The Kier molecular flexibility index (Phi) is 4.85. The Morgan fingerprint density at radius 2 is 1.54 bits per heavy atom. The summed E-state index contributed by atoms with van der Waals surface area (Å²) in [7, 11) is 0. The maximum Gasteiger partial charge on any atom is 0.150 e. The Bertz CT molecular complexity index is 271.